The number of fused-ring (bicyclic) bond motifs is 1. The largest absolute Gasteiger partial charge is 0.331 e. The van der Waals surface area contributed by atoms with Crippen LogP contribution in [0.5, 0.6) is 0 Å². The fourth-order valence-corrected chi connectivity index (χ4v) is 4.96. The van der Waals surface area contributed by atoms with Crippen LogP contribution < -0.4 is 5.32 Å². The molecule has 2 aromatic heterocycles. The predicted octanol–water partition coefficient (Wildman–Crippen LogP) is 4.21. The van der Waals surface area contributed by atoms with Gasteiger partial charge in [-0.15, -0.1) is 22.7 Å². The summed E-state index contributed by atoms with van der Waals surface area (Å²) in [6.45, 7) is 8.93. The molecule has 4 nitrogen and oxygen atoms in total. The lowest BCUT2D eigenvalue weighted by atomic mass is 10.0. The molecule has 22 heavy (non-hydrogen) atoms. The van der Waals surface area contributed by atoms with Gasteiger partial charge >= 0.3 is 6.03 Å². The van der Waals surface area contributed by atoms with E-state index in [1.807, 2.05) is 25.7 Å². The Morgan fingerprint density at radius 2 is 2.27 bits per heavy atom. The molecular weight excluding hydrogens is 314 g/mol. The number of aryl methyl sites for hydroxylation is 2. The Morgan fingerprint density at radius 1 is 1.50 bits per heavy atom. The summed E-state index contributed by atoms with van der Waals surface area (Å²) in [5.74, 6) is 0. The molecule has 0 unspecified atom stereocenters. The second kappa shape index (κ2) is 6.01. The van der Waals surface area contributed by atoms with E-state index in [1.165, 1.54) is 10.4 Å². The standard InChI is InChI=1S/C16H21N3OS2/c1-9-15(22-12(4)17-9)10(2)18-16(20)19-7-5-14-13(11(19)3)6-8-21-14/h6,8,10-11H,5,7H2,1-4H3,(H,18,20)/t10-,11+/m0/s1. The molecule has 1 aliphatic heterocycles. The van der Waals surface area contributed by atoms with Crippen molar-refractivity contribution in [3.8, 4) is 0 Å². The van der Waals surface area contributed by atoms with E-state index >= 15 is 0 Å². The molecule has 0 spiro atoms. The number of carbonyl (C=O) groups is 1. The van der Waals surface area contributed by atoms with Crippen molar-refractivity contribution >= 4 is 28.7 Å². The van der Waals surface area contributed by atoms with Crippen LogP contribution in [-0.2, 0) is 6.42 Å². The van der Waals surface area contributed by atoms with Gasteiger partial charge in [-0.3, -0.25) is 0 Å². The number of urea groups is 1. The number of rotatable bonds is 2. The third kappa shape index (κ3) is 2.77. The highest BCUT2D eigenvalue weighted by atomic mass is 32.1. The van der Waals surface area contributed by atoms with Crippen LogP contribution in [0.4, 0.5) is 4.79 Å². The maximum Gasteiger partial charge on any atom is 0.318 e. The number of thiazole rings is 1. The SMILES string of the molecule is Cc1nc(C)c([C@H](C)NC(=O)N2CCc3sccc3[C@H]2C)s1. The quantitative estimate of drug-likeness (QED) is 0.893. The normalized spacial score (nSPS) is 18.9. The summed E-state index contributed by atoms with van der Waals surface area (Å²) >= 11 is 3.45. The van der Waals surface area contributed by atoms with Crippen LogP contribution >= 0.6 is 22.7 Å². The fraction of sp³-hybridized carbons (Fsp3) is 0.500. The van der Waals surface area contributed by atoms with Gasteiger partial charge in [-0.25, -0.2) is 9.78 Å². The molecule has 0 saturated carbocycles. The molecule has 6 heteroatoms. The minimum absolute atomic E-state index is 0.00484. The summed E-state index contributed by atoms with van der Waals surface area (Å²) in [6.07, 6.45) is 0.956. The summed E-state index contributed by atoms with van der Waals surface area (Å²) < 4.78 is 0. The number of amides is 2. The van der Waals surface area contributed by atoms with Gasteiger partial charge in [0.1, 0.15) is 0 Å². The van der Waals surface area contributed by atoms with E-state index in [9.17, 15) is 4.79 Å². The van der Waals surface area contributed by atoms with Gasteiger partial charge in [-0.1, -0.05) is 0 Å². The van der Waals surface area contributed by atoms with Crippen molar-refractivity contribution < 1.29 is 4.79 Å². The van der Waals surface area contributed by atoms with Crippen LogP contribution in [0.1, 0.15) is 52.0 Å². The molecular formula is C16H21N3OS2. The topological polar surface area (TPSA) is 45.2 Å². The summed E-state index contributed by atoms with van der Waals surface area (Å²) in [5.41, 5.74) is 2.31. The van der Waals surface area contributed by atoms with E-state index in [0.29, 0.717) is 0 Å². The molecule has 0 radical (unpaired) electrons. The van der Waals surface area contributed by atoms with Crippen LogP contribution in [0.15, 0.2) is 11.4 Å². The number of carbonyl (C=O) groups excluding carboxylic acids is 1. The number of thiophene rings is 1. The van der Waals surface area contributed by atoms with E-state index in [2.05, 4.69) is 28.7 Å². The average molecular weight is 335 g/mol. The molecule has 0 saturated heterocycles. The highest BCUT2D eigenvalue weighted by molar-refractivity contribution is 7.11. The van der Waals surface area contributed by atoms with Crippen LogP contribution in [-0.4, -0.2) is 22.5 Å². The maximum atomic E-state index is 12.6. The Kier molecular flexibility index (Phi) is 4.23. The third-order valence-corrected chi connectivity index (χ3v) is 6.46. The number of aromatic nitrogens is 1. The molecule has 0 bridgehead atoms. The van der Waals surface area contributed by atoms with Crippen molar-refractivity contribution in [2.24, 2.45) is 0 Å². The molecule has 1 N–H and O–H groups in total. The first-order valence-corrected chi connectivity index (χ1v) is 9.24. The molecule has 1 aliphatic rings. The van der Waals surface area contributed by atoms with Gasteiger partial charge in [0.2, 0.25) is 0 Å². The van der Waals surface area contributed by atoms with E-state index in [4.69, 9.17) is 0 Å². The van der Waals surface area contributed by atoms with Gasteiger partial charge in [-0.2, -0.15) is 0 Å². The van der Waals surface area contributed by atoms with E-state index in [1.54, 1.807) is 22.7 Å². The van der Waals surface area contributed by atoms with Gasteiger partial charge in [0, 0.05) is 16.3 Å². The molecule has 3 rings (SSSR count). The molecule has 2 aromatic rings. The first-order chi connectivity index (χ1) is 10.5. The van der Waals surface area contributed by atoms with Crippen molar-refractivity contribution in [3.63, 3.8) is 0 Å². The van der Waals surface area contributed by atoms with Crippen molar-refractivity contribution in [3.05, 3.63) is 37.5 Å². The highest BCUT2D eigenvalue weighted by Crippen LogP contribution is 2.33. The second-order valence-corrected chi connectivity index (χ2v) is 8.01. The van der Waals surface area contributed by atoms with Gasteiger partial charge in [0.15, 0.2) is 0 Å². The smallest absolute Gasteiger partial charge is 0.318 e. The number of hydrogen-bond acceptors (Lipinski definition) is 4. The number of hydrogen-bond donors (Lipinski definition) is 1. The fourth-order valence-electron chi connectivity index (χ4n) is 3.07. The molecule has 0 fully saturated rings. The first-order valence-electron chi connectivity index (χ1n) is 7.54. The first kappa shape index (κ1) is 15.5. The van der Waals surface area contributed by atoms with E-state index in [0.717, 1.165) is 28.5 Å². The zero-order valence-electron chi connectivity index (χ0n) is 13.3. The zero-order valence-corrected chi connectivity index (χ0v) is 15.0. The molecule has 0 aromatic carbocycles. The Morgan fingerprint density at radius 3 is 2.95 bits per heavy atom. The summed E-state index contributed by atoms with van der Waals surface area (Å²) in [4.78, 5) is 21.6. The Balaban J connectivity index is 1.71. The highest BCUT2D eigenvalue weighted by Gasteiger charge is 2.29. The van der Waals surface area contributed by atoms with Gasteiger partial charge in [0.25, 0.3) is 0 Å². The minimum atomic E-state index is -0.00484. The molecule has 3 heterocycles. The lowest BCUT2D eigenvalue weighted by molar-refractivity contribution is 0.172. The predicted molar refractivity (Wildman–Crippen MR) is 91.7 cm³/mol. The average Bonchev–Trinajstić information content (AvgIpc) is 3.05. The van der Waals surface area contributed by atoms with E-state index < -0.39 is 0 Å². The summed E-state index contributed by atoms with van der Waals surface area (Å²) in [5, 5.41) is 6.30. The van der Waals surface area contributed by atoms with E-state index in [-0.39, 0.29) is 18.1 Å². The monoisotopic (exact) mass is 335 g/mol. The summed E-state index contributed by atoms with van der Waals surface area (Å²) in [6, 6.07) is 2.30. The van der Waals surface area contributed by atoms with Crippen molar-refractivity contribution in [1.29, 1.82) is 0 Å². The summed E-state index contributed by atoms with van der Waals surface area (Å²) in [7, 11) is 0. The van der Waals surface area contributed by atoms with Crippen molar-refractivity contribution in [1.82, 2.24) is 15.2 Å². The lowest BCUT2D eigenvalue weighted by Crippen LogP contribution is -2.45. The lowest BCUT2D eigenvalue weighted by Gasteiger charge is -2.34. The zero-order chi connectivity index (χ0) is 15.9. The van der Waals surface area contributed by atoms with Crippen LogP contribution in [0.3, 0.4) is 0 Å². The van der Waals surface area contributed by atoms with Crippen molar-refractivity contribution in [2.45, 2.75) is 46.2 Å². The van der Waals surface area contributed by atoms with Crippen molar-refractivity contribution in [2.75, 3.05) is 6.54 Å². The van der Waals surface area contributed by atoms with Gasteiger partial charge in [0.05, 0.1) is 22.8 Å². The molecule has 118 valence electrons. The molecule has 2 amide bonds. The maximum absolute atomic E-state index is 12.6. The Bertz CT molecular complexity index is 691. The number of nitrogens with one attached hydrogen (secondary N) is 1. The van der Waals surface area contributed by atoms with Crippen LogP contribution in [0.25, 0.3) is 0 Å². The van der Waals surface area contributed by atoms with Crippen LogP contribution in [0.2, 0.25) is 0 Å². The van der Waals surface area contributed by atoms with Crippen LogP contribution in [0, 0.1) is 13.8 Å². The molecule has 0 aliphatic carbocycles. The Labute approximate surface area is 139 Å². The second-order valence-electron chi connectivity index (χ2n) is 5.77. The third-order valence-electron chi connectivity index (χ3n) is 4.21. The Hall–Kier alpha value is -1.40. The molecule has 2 atom stereocenters. The van der Waals surface area contributed by atoms with Gasteiger partial charge in [-0.05, 0) is 51.1 Å². The van der Waals surface area contributed by atoms with Gasteiger partial charge < -0.3 is 10.2 Å². The number of nitrogens with zero attached hydrogens (tertiary/aromatic N) is 2. The minimum Gasteiger partial charge on any atom is -0.331 e.